The third kappa shape index (κ3) is 4.89. The maximum absolute atomic E-state index is 12.7. The average Bonchev–Trinajstić information content (AvgIpc) is 2.63. The Morgan fingerprint density at radius 2 is 1.68 bits per heavy atom. The van der Waals surface area contributed by atoms with Crippen LogP contribution in [-0.2, 0) is 19.6 Å². The third-order valence-electron chi connectivity index (χ3n) is 4.26. The van der Waals surface area contributed by atoms with E-state index in [1.165, 1.54) is 26.2 Å². The van der Waals surface area contributed by atoms with Crippen molar-refractivity contribution < 1.29 is 22.7 Å². The van der Waals surface area contributed by atoms with Gasteiger partial charge in [0, 0.05) is 5.69 Å². The predicted octanol–water partition coefficient (Wildman–Crippen LogP) is 2.88. The van der Waals surface area contributed by atoms with Gasteiger partial charge in [-0.25, -0.2) is 13.2 Å². The monoisotopic (exact) mass is 404 g/mol. The fraction of sp³-hybridized carbons (Fsp3) is 0.300. The number of carbonyl (C=O) groups is 2. The highest BCUT2D eigenvalue weighted by Gasteiger charge is 2.30. The standard InChI is InChI=1S/C20H24N2O5S/c1-13-6-7-14(2)18(12-13)22(28(5,25)26)15(3)19(23)21-17-10-8-16(9-11-17)20(24)27-4/h6-12,15H,1-5H3,(H,21,23)/t15-/m1/s1. The lowest BCUT2D eigenvalue weighted by Gasteiger charge is -2.29. The van der Waals surface area contributed by atoms with Gasteiger partial charge >= 0.3 is 5.97 Å². The number of esters is 1. The highest BCUT2D eigenvalue weighted by molar-refractivity contribution is 7.92. The fourth-order valence-electron chi connectivity index (χ4n) is 2.79. The van der Waals surface area contributed by atoms with Gasteiger partial charge in [-0.1, -0.05) is 12.1 Å². The molecule has 0 aromatic heterocycles. The number of aryl methyl sites for hydroxylation is 2. The maximum Gasteiger partial charge on any atom is 0.337 e. The van der Waals surface area contributed by atoms with E-state index in [9.17, 15) is 18.0 Å². The first-order valence-corrected chi connectivity index (χ1v) is 10.5. The van der Waals surface area contributed by atoms with Crippen molar-refractivity contribution in [3.8, 4) is 0 Å². The van der Waals surface area contributed by atoms with E-state index in [0.29, 0.717) is 16.9 Å². The molecular weight excluding hydrogens is 380 g/mol. The van der Waals surface area contributed by atoms with Crippen LogP contribution in [0.2, 0.25) is 0 Å². The number of benzene rings is 2. The van der Waals surface area contributed by atoms with Crippen molar-refractivity contribution in [2.45, 2.75) is 26.8 Å². The van der Waals surface area contributed by atoms with Crippen molar-refractivity contribution in [2.24, 2.45) is 0 Å². The van der Waals surface area contributed by atoms with Gasteiger partial charge in [-0.2, -0.15) is 0 Å². The van der Waals surface area contributed by atoms with Gasteiger partial charge in [0.25, 0.3) is 0 Å². The van der Waals surface area contributed by atoms with Crippen LogP contribution in [0.5, 0.6) is 0 Å². The molecule has 2 aromatic carbocycles. The summed E-state index contributed by atoms with van der Waals surface area (Å²) in [5, 5.41) is 2.69. The minimum absolute atomic E-state index is 0.349. The number of carbonyl (C=O) groups excluding carboxylic acids is 2. The summed E-state index contributed by atoms with van der Waals surface area (Å²) in [5.74, 6) is -0.971. The van der Waals surface area contributed by atoms with Crippen molar-refractivity contribution in [1.82, 2.24) is 0 Å². The average molecular weight is 404 g/mol. The molecule has 2 rings (SSSR count). The fourth-order valence-corrected chi connectivity index (χ4v) is 4.02. The lowest BCUT2D eigenvalue weighted by Crippen LogP contribution is -2.45. The second-order valence-electron chi connectivity index (χ2n) is 6.58. The summed E-state index contributed by atoms with van der Waals surface area (Å²) in [5.41, 5.74) is 2.89. The number of amides is 1. The Morgan fingerprint density at radius 3 is 2.21 bits per heavy atom. The molecule has 0 aliphatic rings. The molecule has 0 aliphatic heterocycles. The molecule has 0 saturated carbocycles. The molecule has 0 spiro atoms. The van der Waals surface area contributed by atoms with Crippen LogP contribution < -0.4 is 9.62 Å². The minimum atomic E-state index is -3.70. The first-order chi connectivity index (χ1) is 13.0. The number of nitrogens with zero attached hydrogens (tertiary/aromatic N) is 1. The first kappa shape index (κ1) is 21.4. The number of hydrogen-bond acceptors (Lipinski definition) is 5. The summed E-state index contributed by atoms with van der Waals surface area (Å²) < 4.78 is 30.6. The Bertz CT molecular complexity index is 984. The smallest absolute Gasteiger partial charge is 0.337 e. The molecule has 0 saturated heterocycles. The number of methoxy groups -OCH3 is 1. The molecule has 1 amide bonds. The summed E-state index contributed by atoms with van der Waals surface area (Å²) in [7, 11) is -2.42. The summed E-state index contributed by atoms with van der Waals surface area (Å²) in [6, 6.07) is 10.6. The number of nitrogens with one attached hydrogen (secondary N) is 1. The van der Waals surface area contributed by atoms with Crippen molar-refractivity contribution >= 4 is 33.3 Å². The number of anilines is 2. The van der Waals surface area contributed by atoms with Gasteiger partial charge in [0.2, 0.25) is 15.9 Å². The predicted molar refractivity (Wildman–Crippen MR) is 109 cm³/mol. The van der Waals surface area contributed by atoms with Crippen molar-refractivity contribution in [1.29, 1.82) is 0 Å². The van der Waals surface area contributed by atoms with Crippen LogP contribution in [-0.4, -0.2) is 39.7 Å². The zero-order valence-corrected chi connectivity index (χ0v) is 17.3. The second kappa shape index (κ2) is 8.43. The molecule has 8 heteroatoms. The highest BCUT2D eigenvalue weighted by atomic mass is 32.2. The second-order valence-corrected chi connectivity index (χ2v) is 8.44. The van der Waals surface area contributed by atoms with Crippen LogP contribution in [0.15, 0.2) is 42.5 Å². The molecule has 0 bridgehead atoms. The van der Waals surface area contributed by atoms with E-state index in [4.69, 9.17) is 0 Å². The van der Waals surface area contributed by atoms with E-state index >= 15 is 0 Å². The molecule has 0 heterocycles. The molecule has 1 N–H and O–H groups in total. The Balaban J connectivity index is 2.29. The van der Waals surface area contributed by atoms with E-state index < -0.39 is 27.9 Å². The van der Waals surface area contributed by atoms with Gasteiger partial charge < -0.3 is 10.1 Å². The Kier molecular flexibility index (Phi) is 6.45. The van der Waals surface area contributed by atoms with Crippen LogP contribution in [0.25, 0.3) is 0 Å². The lowest BCUT2D eigenvalue weighted by molar-refractivity contribution is -0.116. The number of hydrogen-bond donors (Lipinski definition) is 1. The van der Waals surface area contributed by atoms with Crippen LogP contribution in [0.3, 0.4) is 0 Å². The van der Waals surface area contributed by atoms with Crippen LogP contribution >= 0.6 is 0 Å². The zero-order valence-electron chi connectivity index (χ0n) is 16.5. The van der Waals surface area contributed by atoms with E-state index in [1.54, 1.807) is 25.1 Å². The molecule has 28 heavy (non-hydrogen) atoms. The summed E-state index contributed by atoms with van der Waals surface area (Å²) in [6.07, 6.45) is 1.07. The van der Waals surface area contributed by atoms with Gasteiger partial charge in [0.15, 0.2) is 0 Å². The summed E-state index contributed by atoms with van der Waals surface area (Å²) in [4.78, 5) is 24.2. The third-order valence-corrected chi connectivity index (χ3v) is 5.49. The minimum Gasteiger partial charge on any atom is -0.465 e. The molecular formula is C20H24N2O5S. The molecule has 1 atom stereocenters. The molecule has 2 aromatic rings. The van der Waals surface area contributed by atoms with Gasteiger partial charge in [-0.15, -0.1) is 0 Å². The van der Waals surface area contributed by atoms with Crippen molar-refractivity contribution in [3.05, 3.63) is 59.2 Å². The molecule has 0 unspecified atom stereocenters. The SMILES string of the molecule is COC(=O)c1ccc(NC(=O)[C@@H](C)N(c2cc(C)ccc2C)S(C)(=O)=O)cc1. The van der Waals surface area contributed by atoms with E-state index in [-0.39, 0.29) is 0 Å². The molecule has 150 valence electrons. The van der Waals surface area contributed by atoms with E-state index in [0.717, 1.165) is 21.7 Å². The van der Waals surface area contributed by atoms with Crippen molar-refractivity contribution in [3.63, 3.8) is 0 Å². The van der Waals surface area contributed by atoms with E-state index in [2.05, 4.69) is 10.1 Å². The van der Waals surface area contributed by atoms with Gasteiger partial charge in [-0.05, 0) is 62.2 Å². The number of sulfonamides is 1. The molecule has 7 nitrogen and oxygen atoms in total. The topological polar surface area (TPSA) is 92.8 Å². The van der Waals surface area contributed by atoms with E-state index in [1.807, 2.05) is 19.1 Å². The lowest BCUT2D eigenvalue weighted by atomic mass is 10.1. The molecule has 0 fully saturated rings. The van der Waals surface area contributed by atoms with Crippen molar-refractivity contribution in [2.75, 3.05) is 23.0 Å². The Morgan fingerprint density at radius 1 is 1.07 bits per heavy atom. The number of ether oxygens (including phenoxy) is 1. The van der Waals surface area contributed by atoms with Crippen LogP contribution in [0.1, 0.15) is 28.4 Å². The van der Waals surface area contributed by atoms with Gasteiger partial charge in [0.1, 0.15) is 6.04 Å². The number of rotatable bonds is 6. The van der Waals surface area contributed by atoms with Gasteiger partial charge in [0.05, 0.1) is 24.6 Å². The summed E-state index contributed by atoms with van der Waals surface area (Å²) >= 11 is 0. The Hall–Kier alpha value is -2.87. The quantitative estimate of drug-likeness (QED) is 0.748. The first-order valence-electron chi connectivity index (χ1n) is 8.60. The summed E-state index contributed by atoms with van der Waals surface area (Å²) in [6.45, 7) is 5.18. The zero-order chi connectivity index (χ0) is 21.1. The molecule has 0 aliphatic carbocycles. The molecule has 0 radical (unpaired) electrons. The normalized spacial score (nSPS) is 12.2. The van der Waals surface area contributed by atoms with Crippen LogP contribution in [0.4, 0.5) is 11.4 Å². The maximum atomic E-state index is 12.7. The highest BCUT2D eigenvalue weighted by Crippen LogP contribution is 2.26. The van der Waals surface area contributed by atoms with Gasteiger partial charge in [-0.3, -0.25) is 9.10 Å². The Labute approximate surface area is 165 Å². The largest absolute Gasteiger partial charge is 0.465 e. The van der Waals surface area contributed by atoms with Crippen LogP contribution in [0, 0.1) is 13.8 Å².